The van der Waals surface area contributed by atoms with Gasteiger partial charge in [0.2, 0.25) is 5.91 Å². The van der Waals surface area contributed by atoms with Gasteiger partial charge in [-0.05, 0) is 24.8 Å². The third-order valence-electron chi connectivity index (χ3n) is 2.70. The van der Waals surface area contributed by atoms with E-state index in [4.69, 9.17) is 0 Å². The molecule has 0 aromatic carbocycles. The van der Waals surface area contributed by atoms with Gasteiger partial charge in [0, 0.05) is 13.6 Å². The van der Waals surface area contributed by atoms with Gasteiger partial charge in [0.1, 0.15) is 0 Å². The van der Waals surface area contributed by atoms with Gasteiger partial charge in [-0.1, -0.05) is 27.2 Å². The molecule has 0 aliphatic carbocycles. The van der Waals surface area contributed by atoms with Crippen molar-refractivity contribution in [1.82, 2.24) is 10.2 Å². The highest BCUT2D eigenvalue weighted by Crippen LogP contribution is 2.16. The molecule has 0 aromatic rings. The molecule has 96 valence electrons. The normalized spacial score (nSPS) is 21.1. The average Bonchev–Trinajstić information content (AvgIpc) is 2.15. The number of carbonyl (C=O) groups is 1. The molecule has 1 saturated heterocycles. The minimum absolute atomic E-state index is 0. The molecule has 0 unspecified atom stereocenters. The number of nitrogens with zero attached hydrogens (tertiary/aromatic N) is 1. The van der Waals surface area contributed by atoms with E-state index in [1.807, 2.05) is 11.9 Å². The lowest BCUT2D eigenvalue weighted by molar-refractivity contribution is -0.133. The van der Waals surface area contributed by atoms with Crippen molar-refractivity contribution in [3.63, 3.8) is 0 Å². The van der Waals surface area contributed by atoms with Gasteiger partial charge in [-0.3, -0.25) is 4.79 Å². The maximum atomic E-state index is 12.0. The van der Waals surface area contributed by atoms with E-state index in [1.54, 1.807) is 0 Å². The Kier molecular flexibility index (Phi) is 6.34. The highest BCUT2D eigenvalue weighted by molar-refractivity contribution is 5.85. The van der Waals surface area contributed by atoms with Crippen molar-refractivity contribution in [2.24, 2.45) is 5.41 Å². The lowest BCUT2D eigenvalue weighted by Gasteiger charge is -2.31. The summed E-state index contributed by atoms with van der Waals surface area (Å²) < 4.78 is 0. The van der Waals surface area contributed by atoms with E-state index >= 15 is 0 Å². The predicted octanol–water partition coefficient (Wildman–Crippen LogP) is 2.05. The largest absolute Gasteiger partial charge is 0.344 e. The third kappa shape index (κ3) is 5.17. The summed E-state index contributed by atoms with van der Waals surface area (Å²) in [5, 5.41) is 3.29. The number of likely N-dealkylation sites (N-methyl/N-ethyl adjacent to an activating group) is 1. The van der Waals surface area contributed by atoms with Crippen molar-refractivity contribution < 1.29 is 4.79 Å². The lowest BCUT2D eigenvalue weighted by Crippen LogP contribution is -2.48. The molecule has 16 heavy (non-hydrogen) atoms. The summed E-state index contributed by atoms with van der Waals surface area (Å²) in [7, 11) is 1.91. The number of nitrogens with one attached hydrogen (secondary N) is 1. The third-order valence-corrected chi connectivity index (χ3v) is 2.70. The van der Waals surface area contributed by atoms with Gasteiger partial charge in [0.25, 0.3) is 0 Å². The fraction of sp³-hybridized carbons (Fsp3) is 0.917. The second kappa shape index (κ2) is 6.45. The first-order valence-corrected chi connectivity index (χ1v) is 5.88. The minimum Gasteiger partial charge on any atom is -0.344 e. The van der Waals surface area contributed by atoms with Crippen LogP contribution in [0.3, 0.4) is 0 Å². The van der Waals surface area contributed by atoms with Gasteiger partial charge in [0.15, 0.2) is 0 Å². The van der Waals surface area contributed by atoms with Crippen molar-refractivity contribution in [3.8, 4) is 0 Å². The lowest BCUT2D eigenvalue weighted by atomic mass is 9.95. The van der Waals surface area contributed by atoms with Crippen LogP contribution in [0, 0.1) is 5.41 Å². The standard InChI is InChI=1S/C12H24N2O.ClH/c1-12(2,3)9-14(4)11(15)10-7-5-6-8-13-10;/h10,13H,5-9H2,1-4H3;1H/t10-;/m1./s1. The van der Waals surface area contributed by atoms with Crippen LogP contribution < -0.4 is 5.32 Å². The molecule has 1 atom stereocenters. The van der Waals surface area contributed by atoms with Crippen LogP contribution in [0.1, 0.15) is 40.0 Å². The Hall–Kier alpha value is -0.280. The molecule has 0 saturated carbocycles. The fourth-order valence-corrected chi connectivity index (χ4v) is 2.12. The highest BCUT2D eigenvalue weighted by atomic mass is 35.5. The SMILES string of the molecule is CN(CC(C)(C)C)C(=O)[C@H]1CCCCN1.Cl. The molecule has 1 rings (SSSR count). The number of piperidine rings is 1. The van der Waals surface area contributed by atoms with Gasteiger partial charge in [-0.25, -0.2) is 0 Å². The van der Waals surface area contributed by atoms with Crippen LogP contribution in [0.4, 0.5) is 0 Å². The van der Waals surface area contributed by atoms with E-state index in [0.29, 0.717) is 0 Å². The molecule has 0 aromatic heterocycles. The molecule has 3 nitrogen and oxygen atoms in total. The van der Waals surface area contributed by atoms with E-state index in [-0.39, 0.29) is 29.8 Å². The number of rotatable bonds is 2. The predicted molar refractivity (Wildman–Crippen MR) is 70.0 cm³/mol. The Morgan fingerprint density at radius 1 is 1.38 bits per heavy atom. The van der Waals surface area contributed by atoms with Gasteiger partial charge >= 0.3 is 0 Å². The zero-order valence-electron chi connectivity index (χ0n) is 10.9. The molecule has 1 heterocycles. The first-order valence-electron chi connectivity index (χ1n) is 5.88. The summed E-state index contributed by atoms with van der Waals surface area (Å²) in [4.78, 5) is 13.9. The van der Waals surface area contributed by atoms with Crippen LogP contribution in [-0.4, -0.2) is 37.0 Å². The van der Waals surface area contributed by atoms with Crippen molar-refractivity contribution in [1.29, 1.82) is 0 Å². The average molecular weight is 249 g/mol. The van der Waals surface area contributed by atoms with Gasteiger partial charge in [-0.2, -0.15) is 0 Å². The molecule has 1 amide bonds. The summed E-state index contributed by atoms with van der Waals surface area (Å²) >= 11 is 0. The Balaban J connectivity index is 0.00000225. The maximum Gasteiger partial charge on any atom is 0.239 e. The molecule has 0 bridgehead atoms. The number of halogens is 1. The Morgan fingerprint density at radius 3 is 2.44 bits per heavy atom. The van der Waals surface area contributed by atoms with Crippen LogP contribution in [0.2, 0.25) is 0 Å². The summed E-state index contributed by atoms with van der Waals surface area (Å²) in [6, 6.07) is 0.0612. The highest BCUT2D eigenvalue weighted by Gasteiger charge is 2.25. The number of carbonyl (C=O) groups excluding carboxylic acids is 1. The summed E-state index contributed by atoms with van der Waals surface area (Å²) in [5.74, 6) is 0.254. The zero-order valence-corrected chi connectivity index (χ0v) is 11.7. The summed E-state index contributed by atoms with van der Waals surface area (Å²) in [6.45, 7) is 8.28. The van der Waals surface area contributed by atoms with E-state index in [1.165, 1.54) is 12.8 Å². The Morgan fingerprint density at radius 2 is 2.00 bits per heavy atom. The Labute approximate surface area is 105 Å². The monoisotopic (exact) mass is 248 g/mol. The summed E-state index contributed by atoms with van der Waals surface area (Å²) in [6.07, 6.45) is 3.37. The van der Waals surface area contributed by atoms with E-state index in [2.05, 4.69) is 26.1 Å². The fourth-order valence-electron chi connectivity index (χ4n) is 2.12. The Bertz CT molecular complexity index is 220. The maximum absolute atomic E-state index is 12.0. The van der Waals surface area contributed by atoms with E-state index < -0.39 is 0 Å². The number of hydrogen-bond acceptors (Lipinski definition) is 2. The topological polar surface area (TPSA) is 32.3 Å². The molecule has 0 spiro atoms. The van der Waals surface area contributed by atoms with Crippen molar-refractivity contribution >= 4 is 18.3 Å². The van der Waals surface area contributed by atoms with Crippen LogP contribution in [-0.2, 0) is 4.79 Å². The zero-order chi connectivity index (χ0) is 11.5. The molecule has 1 N–H and O–H groups in total. The molecule has 4 heteroatoms. The van der Waals surface area contributed by atoms with Gasteiger partial charge in [-0.15, -0.1) is 12.4 Å². The van der Waals surface area contributed by atoms with Crippen LogP contribution in [0.5, 0.6) is 0 Å². The van der Waals surface area contributed by atoms with Crippen LogP contribution in [0.25, 0.3) is 0 Å². The van der Waals surface area contributed by atoms with Crippen molar-refractivity contribution in [2.75, 3.05) is 20.1 Å². The first kappa shape index (κ1) is 15.7. The molecular weight excluding hydrogens is 224 g/mol. The number of hydrogen-bond donors (Lipinski definition) is 1. The van der Waals surface area contributed by atoms with E-state index in [9.17, 15) is 4.79 Å². The molecule has 1 aliphatic heterocycles. The molecule has 0 radical (unpaired) electrons. The second-order valence-corrected chi connectivity index (χ2v) is 5.76. The van der Waals surface area contributed by atoms with Crippen LogP contribution in [0.15, 0.2) is 0 Å². The van der Waals surface area contributed by atoms with E-state index in [0.717, 1.165) is 19.5 Å². The van der Waals surface area contributed by atoms with Gasteiger partial charge in [0.05, 0.1) is 6.04 Å². The smallest absolute Gasteiger partial charge is 0.239 e. The first-order chi connectivity index (χ1) is 6.90. The molecule has 1 aliphatic rings. The molecule has 1 fully saturated rings. The molecular formula is C12H25ClN2O. The van der Waals surface area contributed by atoms with Crippen LogP contribution >= 0.6 is 12.4 Å². The minimum atomic E-state index is 0. The second-order valence-electron chi connectivity index (χ2n) is 5.76. The van der Waals surface area contributed by atoms with Crippen molar-refractivity contribution in [2.45, 2.75) is 46.1 Å². The van der Waals surface area contributed by atoms with Crippen molar-refractivity contribution in [3.05, 3.63) is 0 Å². The van der Waals surface area contributed by atoms with Gasteiger partial charge < -0.3 is 10.2 Å². The summed E-state index contributed by atoms with van der Waals surface area (Å²) in [5.41, 5.74) is 0.180. The quantitative estimate of drug-likeness (QED) is 0.811. The number of amides is 1.